The van der Waals surface area contributed by atoms with Gasteiger partial charge >= 0.3 is 5.97 Å². The molecule has 5 aliphatic rings. The zero-order valence-electron chi connectivity index (χ0n) is 28.3. The number of aryl methyl sites for hydroxylation is 1. The number of sulfonamides is 1. The molecule has 12 nitrogen and oxygen atoms in total. The molecule has 13 heteroatoms. The average Bonchev–Trinajstić information content (AvgIpc) is 3.97. The number of nitrogens with zero attached hydrogens (tertiary/aromatic N) is 2. The van der Waals surface area contributed by atoms with Crippen molar-refractivity contribution in [3.05, 3.63) is 48.7 Å². The van der Waals surface area contributed by atoms with Crippen molar-refractivity contribution in [2.24, 2.45) is 17.8 Å². The lowest BCUT2D eigenvalue weighted by Crippen LogP contribution is -2.57. The third kappa shape index (κ3) is 7.11. The molecule has 2 aliphatic heterocycles. The van der Waals surface area contributed by atoms with Crippen LogP contribution in [0, 0.1) is 17.8 Å². The molecular formula is C37H46N4O8S. The predicted molar refractivity (Wildman–Crippen MR) is 184 cm³/mol. The second-order valence-electron chi connectivity index (χ2n) is 14.7. The SMILES string of the molecule is C=C[C@H]1C[C@]1(NC(=O)[C@@H]1C[C@@H]2CN1C(=O)[C@H](C1CCCC1)CC(=O)OCCCCCc1ccc3ccnc(c3c1)O2)C(=O)NS(=O)(=O)C1CC1. The van der Waals surface area contributed by atoms with Crippen molar-refractivity contribution in [1.82, 2.24) is 19.9 Å². The van der Waals surface area contributed by atoms with E-state index in [1.165, 1.54) is 11.0 Å². The zero-order chi connectivity index (χ0) is 35.0. The molecule has 2 aromatic rings. The number of ether oxygens (including phenoxy) is 2. The lowest BCUT2D eigenvalue weighted by molar-refractivity contribution is -0.152. The highest BCUT2D eigenvalue weighted by molar-refractivity contribution is 7.91. The Kier molecular flexibility index (Phi) is 9.62. The Bertz CT molecular complexity index is 1790. The quantitative estimate of drug-likeness (QED) is 0.323. The minimum absolute atomic E-state index is 0.0270. The number of rotatable bonds is 7. The van der Waals surface area contributed by atoms with Gasteiger partial charge in [0.2, 0.25) is 27.7 Å². The van der Waals surface area contributed by atoms with Crippen molar-refractivity contribution in [2.75, 3.05) is 13.2 Å². The third-order valence-corrected chi connectivity index (χ3v) is 13.0. The van der Waals surface area contributed by atoms with E-state index in [1.807, 2.05) is 12.1 Å². The first-order chi connectivity index (χ1) is 24.1. The van der Waals surface area contributed by atoms with Crippen LogP contribution < -0.4 is 14.8 Å². The summed E-state index contributed by atoms with van der Waals surface area (Å²) in [5, 5.41) is 4.03. The number of fused-ring (bicyclic) bond motifs is 3. The Hall–Kier alpha value is -4.00. The van der Waals surface area contributed by atoms with Gasteiger partial charge in [0.25, 0.3) is 5.91 Å². The van der Waals surface area contributed by atoms with E-state index in [0.29, 0.717) is 18.7 Å². The molecule has 0 radical (unpaired) electrons. The summed E-state index contributed by atoms with van der Waals surface area (Å²) in [7, 11) is -3.86. The minimum atomic E-state index is -3.86. The van der Waals surface area contributed by atoms with Gasteiger partial charge in [0.15, 0.2) is 0 Å². The summed E-state index contributed by atoms with van der Waals surface area (Å²) in [6, 6.07) is 7.07. The largest absolute Gasteiger partial charge is 0.472 e. The Morgan fingerprint density at radius 1 is 1.04 bits per heavy atom. The fourth-order valence-electron chi connectivity index (χ4n) is 8.05. The van der Waals surface area contributed by atoms with Gasteiger partial charge in [0.1, 0.15) is 17.7 Å². The van der Waals surface area contributed by atoms with E-state index in [2.05, 4.69) is 33.7 Å². The summed E-state index contributed by atoms with van der Waals surface area (Å²) >= 11 is 0. The molecule has 7 rings (SSSR count). The topological polar surface area (TPSA) is 161 Å². The second kappa shape index (κ2) is 14.0. The standard InChI is InChI=1S/C37H46N4O8S/c1-2-26-21-37(26,36(45)40-50(46,47)28-13-14-28)39-33(43)31-19-27-22-41(31)35(44)30(24-9-5-6-10-24)20-32(42)48-17-7-3-4-8-23-11-12-25-15-16-38-34(49-27)29(25)18-23/h2,11-12,15-16,18,24,26-28,30-31H,1,3-10,13-14,17,19-22H2,(H,39,43)(H,40,45)/t26-,27+,30-,31-,37+/m0/s1. The molecule has 3 amide bonds. The van der Waals surface area contributed by atoms with Crippen LogP contribution in [0.15, 0.2) is 43.1 Å². The van der Waals surface area contributed by atoms with Gasteiger partial charge in [0, 0.05) is 23.9 Å². The maximum absolute atomic E-state index is 14.6. The molecule has 1 saturated heterocycles. The number of hydrogen-bond donors (Lipinski definition) is 2. The molecule has 1 aromatic heterocycles. The van der Waals surface area contributed by atoms with Crippen LogP contribution in [-0.2, 0) is 40.4 Å². The van der Waals surface area contributed by atoms with Crippen LogP contribution in [0.1, 0.15) is 82.6 Å². The minimum Gasteiger partial charge on any atom is -0.472 e. The molecule has 1 aromatic carbocycles. The summed E-state index contributed by atoms with van der Waals surface area (Å²) in [6.45, 7) is 4.15. The van der Waals surface area contributed by atoms with Gasteiger partial charge in [0.05, 0.1) is 30.7 Å². The predicted octanol–water partition coefficient (Wildman–Crippen LogP) is 3.72. The van der Waals surface area contributed by atoms with Crippen molar-refractivity contribution < 1.29 is 37.1 Å². The van der Waals surface area contributed by atoms with Crippen molar-refractivity contribution in [3.8, 4) is 5.88 Å². The van der Waals surface area contributed by atoms with E-state index in [0.717, 1.165) is 67.7 Å². The molecule has 4 fully saturated rings. The highest BCUT2D eigenvalue weighted by Crippen LogP contribution is 2.46. The number of cyclic esters (lactones) is 1. The lowest BCUT2D eigenvalue weighted by atomic mass is 9.86. The first-order valence-corrected chi connectivity index (χ1v) is 19.6. The highest BCUT2D eigenvalue weighted by atomic mass is 32.2. The molecule has 3 aliphatic carbocycles. The summed E-state index contributed by atoms with van der Waals surface area (Å²) in [5.41, 5.74) is -0.370. The van der Waals surface area contributed by atoms with Gasteiger partial charge in [-0.15, -0.1) is 6.58 Å². The fraction of sp³-hybridized carbons (Fsp3) is 0.595. The van der Waals surface area contributed by atoms with Crippen LogP contribution in [-0.4, -0.2) is 78.1 Å². The highest BCUT2D eigenvalue weighted by Gasteiger charge is 2.62. The number of carbonyl (C=O) groups excluding carboxylic acids is 4. The maximum Gasteiger partial charge on any atom is 0.306 e. The molecule has 0 spiro atoms. The summed E-state index contributed by atoms with van der Waals surface area (Å²) in [5.74, 6) is -2.89. The van der Waals surface area contributed by atoms with Crippen LogP contribution in [0.4, 0.5) is 0 Å². The van der Waals surface area contributed by atoms with Crippen molar-refractivity contribution in [2.45, 2.75) is 106 Å². The zero-order valence-corrected chi connectivity index (χ0v) is 29.1. The van der Waals surface area contributed by atoms with Crippen LogP contribution in [0.25, 0.3) is 10.8 Å². The van der Waals surface area contributed by atoms with Crippen LogP contribution in [0.3, 0.4) is 0 Å². The lowest BCUT2D eigenvalue weighted by Gasteiger charge is -2.31. The van der Waals surface area contributed by atoms with Crippen LogP contribution in [0.5, 0.6) is 5.88 Å². The molecule has 3 heterocycles. The number of hydrogen-bond acceptors (Lipinski definition) is 9. The molecule has 2 N–H and O–H groups in total. The number of esters is 1. The summed E-state index contributed by atoms with van der Waals surface area (Å²) < 4.78 is 39.7. The Balaban J connectivity index is 1.20. The second-order valence-corrected chi connectivity index (χ2v) is 16.7. The number of amides is 3. The van der Waals surface area contributed by atoms with Gasteiger partial charge < -0.3 is 19.7 Å². The Labute approximate surface area is 292 Å². The normalized spacial score (nSPS) is 29.5. The summed E-state index contributed by atoms with van der Waals surface area (Å²) in [4.78, 5) is 61.5. The van der Waals surface area contributed by atoms with E-state index in [1.54, 1.807) is 6.20 Å². The monoisotopic (exact) mass is 706 g/mol. The van der Waals surface area contributed by atoms with E-state index in [4.69, 9.17) is 9.47 Å². The fourth-order valence-corrected chi connectivity index (χ4v) is 9.41. The molecule has 0 unspecified atom stereocenters. The number of pyridine rings is 1. The first-order valence-electron chi connectivity index (χ1n) is 18.1. The Morgan fingerprint density at radius 3 is 2.58 bits per heavy atom. The van der Waals surface area contributed by atoms with Gasteiger partial charge in [-0.2, -0.15) is 0 Å². The average molecular weight is 707 g/mol. The molecule has 5 atom stereocenters. The first kappa shape index (κ1) is 34.4. The van der Waals surface area contributed by atoms with E-state index < -0.39 is 62.6 Å². The van der Waals surface area contributed by atoms with Gasteiger partial charge in [-0.3, -0.25) is 23.9 Å². The van der Waals surface area contributed by atoms with E-state index in [9.17, 15) is 27.6 Å². The van der Waals surface area contributed by atoms with Crippen molar-refractivity contribution in [1.29, 1.82) is 0 Å². The number of carbonyl (C=O) groups is 4. The third-order valence-electron chi connectivity index (χ3n) is 11.2. The molecule has 50 heavy (non-hydrogen) atoms. The van der Waals surface area contributed by atoms with Crippen molar-refractivity contribution >= 4 is 44.5 Å². The Morgan fingerprint density at radius 2 is 1.84 bits per heavy atom. The van der Waals surface area contributed by atoms with Gasteiger partial charge in [-0.25, -0.2) is 13.4 Å². The molecule has 268 valence electrons. The van der Waals surface area contributed by atoms with Crippen molar-refractivity contribution in [3.63, 3.8) is 0 Å². The molecular weight excluding hydrogens is 660 g/mol. The van der Waals surface area contributed by atoms with E-state index in [-0.39, 0.29) is 44.2 Å². The number of nitrogens with one attached hydrogen (secondary N) is 2. The van der Waals surface area contributed by atoms with Crippen LogP contribution >= 0.6 is 0 Å². The smallest absolute Gasteiger partial charge is 0.306 e. The van der Waals surface area contributed by atoms with E-state index >= 15 is 0 Å². The molecule has 3 saturated carbocycles. The van der Waals surface area contributed by atoms with Crippen LogP contribution in [0.2, 0.25) is 0 Å². The van der Waals surface area contributed by atoms with Gasteiger partial charge in [-0.1, -0.05) is 31.1 Å². The maximum atomic E-state index is 14.6. The number of aromatic nitrogens is 1. The van der Waals surface area contributed by atoms with Gasteiger partial charge in [-0.05, 0) is 86.8 Å². The number of benzene rings is 1. The summed E-state index contributed by atoms with van der Waals surface area (Å²) in [6.07, 6.45) is 10.7. The molecule has 4 bridgehead atoms.